The summed E-state index contributed by atoms with van der Waals surface area (Å²) in [7, 11) is 0. The van der Waals surface area contributed by atoms with Gasteiger partial charge in [0.05, 0.1) is 5.75 Å². The van der Waals surface area contributed by atoms with Crippen molar-refractivity contribution in [3.05, 3.63) is 29.8 Å². The minimum atomic E-state index is -5.75. The molecule has 7 heteroatoms. The average Bonchev–Trinajstić information content (AvgIpc) is 2.26. The van der Waals surface area contributed by atoms with Crippen molar-refractivity contribution in [2.24, 2.45) is 0 Å². The first kappa shape index (κ1) is 14.6. The van der Waals surface area contributed by atoms with Crippen molar-refractivity contribution in [3.8, 4) is 17.6 Å². The Hall–Kier alpha value is -1.42. The van der Waals surface area contributed by atoms with Crippen LogP contribution in [0.5, 0.6) is 5.75 Å². The summed E-state index contributed by atoms with van der Waals surface area (Å²) in [6, 6.07) is 4.53. The van der Waals surface area contributed by atoms with Crippen molar-refractivity contribution in [1.29, 1.82) is 0 Å². The Kier molecular flexibility index (Phi) is 4.46. The molecule has 18 heavy (non-hydrogen) atoms. The lowest BCUT2D eigenvalue weighted by Gasteiger charge is -2.20. The molecular weight excluding hydrogens is 275 g/mol. The molecule has 0 aliphatic heterocycles. The van der Waals surface area contributed by atoms with E-state index in [2.05, 4.69) is 29.2 Å². The van der Waals surface area contributed by atoms with Crippen molar-refractivity contribution in [2.45, 2.75) is 12.3 Å². The molecule has 1 aromatic rings. The van der Waals surface area contributed by atoms with Crippen LogP contribution in [0.2, 0.25) is 0 Å². The van der Waals surface area contributed by atoms with Crippen LogP contribution in [0.4, 0.5) is 22.0 Å². The number of hydrogen-bond acceptors (Lipinski definition) is 2. The zero-order valence-electron chi connectivity index (χ0n) is 8.76. The van der Waals surface area contributed by atoms with Crippen molar-refractivity contribution < 1.29 is 26.7 Å². The standard InChI is InChI=1S/C11H7F5OS/c12-10(13,14)11(15,16)17-9-5-3-8(4-6-9)2-1-7-18/h3-6,18H,7H2. The monoisotopic (exact) mass is 282 g/mol. The van der Waals surface area contributed by atoms with Gasteiger partial charge in [-0.1, -0.05) is 11.8 Å². The van der Waals surface area contributed by atoms with Crippen LogP contribution in [0.25, 0.3) is 0 Å². The lowest BCUT2D eigenvalue weighted by atomic mass is 10.2. The van der Waals surface area contributed by atoms with E-state index in [1.165, 1.54) is 12.1 Å². The molecule has 0 saturated heterocycles. The smallest absolute Gasteiger partial charge is 0.426 e. The Labute approximate surface area is 105 Å². The molecule has 0 aliphatic carbocycles. The van der Waals surface area contributed by atoms with Crippen LogP contribution in [0.15, 0.2) is 24.3 Å². The summed E-state index contributed by atoms with van der Waals surface area (Å²) >= 11 is 3.84. The van der Waals surface area contributed by atoms with Crippen LogP contribution >= 0.6 is 12.6 Å². The number of halogens is 5. The lowest BCUT2D eigenvalue weighted by Crippen LogP contribution is -2.41. The molecule has 0 aromatic heterocycles. The van der Waals surface area contributed by atoms with Gasteiger partial charge in [0.1, 0.15) is 5.75 Å². The third kappa shape index (κ3) is 3.81. The van der Waals surface area contributed by atoms with Gasteiger partial charge in [0.25, 0.3) is 0 Å². The largest absolute Gasteiger partial charge is 0.499 e. The molecule has 0 unspecified atom stereocenters. The molecule has 1 nitrogen and oxygen atoms in total. The van der Waals surface area contributed by atoms with Gasteiger partial charge in [-0.2, -0.15) is 34.6 Å². The molecule has 0 saturated carbocycles. The summed E-state index contributed by atoms with van der Waals surface area (Å²) in [6.07, 6.45) is -11.0. The van der Waals surface area contributed by atoms with Gasteiger partial charge in [0, 0.05) is 5.56 Å². The summed E-state index contributed by atoms with van der Waals surface area (Å²) in [4.78, 5) is 0. The first-order valence-corrected chi connectivity index (χ1v) is 5.23. The Morgan fingerprint density at radius 3 is 2.06 bits per heavy atom. The number of alkyl halides is 5. The summed E-state index contributed by atoms with van der Waals surface area (Å²) in [5, 5.41) is 0. The maximum absolute atomic E-state index is 12.5. The van der Waals surface area contributed by atoms with Crippen molar-refractivity contribution in [2.75, 3.05) is 5.75 Å². The molecule has 0 N–H and O–H groups in total. The van der Waals surface area contributed by atoms with E-state index in [0.29, 0.717) is 11.3 Å². The van der Waals surface area contributed by atoms with Crippen molar-refractivity contribution >= 4 is 12.6 Å². The molecule has 98 valence electrons. The van der Waals surface area contributed by atoms with E-state index in [1.807, 2.05) is 0 Å². The van der Waals surface area contributed by atoms with Gasteiger partial charge < -0.3 is 4.74 Å². The Balaban J connectivity index is 2.81. The molecular formula is C11H7F5OS. The molecule has 1 aromatic carbocycles. The van der Waals surface area contributed by atoms with E-state index < -0.39 is 18.0 Å². The third-order valence-corrected chi connectivity index (χ3v) is 1.90. The van der Waals surface area contributed by atoms with Gasteiger partial charge in [0.2, 0.25) is 0 Å². The quantitative estimate of drug-likeness (QED) is 0.496. The Bertz CT molecular complexity index is 455. The highest BCUT2D eigenvalue weighted by Gasteiger charge is 2.61. The predicted octanol–water partition coefficient (Wildman–Crippen LogP) is 3.50. The lowest BCUT2D eigenvalue weighted by molar-refractivity contribution is -0.360. The maximum Gasteiger partial charge on any atom is 0.499 e. The van der Waals surface area contributed by atoms with E-state index in [0.717, 1.165) is 12.1 Å². The minimum Gasteiger partial charge on any atom is -0.426 e. The molecule has 0 atom stereocenters. The molecule has 0 spiro atoms. The van der Waals surface area contributed by atoms with Crippen LogP contribution in [-0.2, 0) is 0 Å². The average molecular weight is 282 g/mol. The molecule has 0 bridgehead atoms. The molecule has 0 radical (unpaired) electrons. The van der Waals surface area contributed by atoms with Gasteiger partial charge in [0.15, 0.2) is 0 Å². The third-order valence-electron chi connectivity index (χ3n) is 1.74. The van der Waals surface area contributed by atoms with Crippen LogP contribution in [0, 0.1) is 11.8 Å². The summed E-state index contributed by atoms with van der Waals surface area (Å²) in [5.74, 6) is 4.95. The first-order chi connectivity index (χ1) is 8.26. The molecule has 0 amide bonds. The minimum absolute atomic E-state index is 0.310. The number of thiol groups is 1. The number of ether oxygens (including phenoxy) is 1. The second kappa shape index (κ2) is 5.48. The van der Waals surface area contributed by atoms with E-state index in [9.17, 15) is 22.0 Å². The number of hydrogen-bond donors (Lipinski definition) is 1. The maximum atomic E-state index is 12.5. The van der Waals surface area contributed by atoms with Gasteiger partial charge in [-0.25, -0.2) is 0 Å². The highest BCUT2D eigenvalue weighted by atomic mass is 32.1. The summed E-state index contributed by atoms with van der Waals surface area (Å²) < 4.78 is 64.2. The van der Waals surface area contributed by atoms with E-state index in [1.54, 1.807) is 0 Å². The number of rotatable bonds is 2. The van der Waals surface area contributed by atoms with Crippen molar-refractivity contribution in [1.82, 2.24) is 0 Å². The Morgan fingerprint density at radius 2 is 1.61 bits per heavy atom. The van der Waals surface area contributed by atoms with E-state index in [-0.39, 0.29) is 0 Å². The van der Waals surface area contributed by atoms with Crippen LogP contribution in [0.1, 0.15) is 5.56 Å². The van der Waals surface area contributed by atoms with E-state index >= 15 is 0 Å². The zero-order valence-corrected chi connectivity index (χ0v) is 9.66. The summed E-state index contributed by atoms with van der Waals surface area (Å²) in [5.41, 5.74) is 0.465. The van der Waals surface area contributed by atoms with Crippen LogP contribution in [-0.4, -0.2) is 18.0 Å². The topological polar surface area (TPSA) is 9.23 Å². The molecule has 1 rings (SSSR count). The highest BCUT2D eigenvalue weighted by Crippen LogP contribution is 2.37. The normalized spacial score (nSPS) is 11.7. The zero-order chi connectivity index (χ0) is 13.8. The molecule has 0 aliphatic rings. The van der Waals surface area contributed by atoms with Crippen LogP contribution < -0.4 is 4.74 Å². The first-order valence-electron chi connectivity index (χ1n) is 4.59. The van der Waals surface area contributed by atoms with Gasteiger partial charge in [-0.3, -0.25) is 0 Å². The summed E-state index contributed by atoms with van der Waals surface area (Å²) in [6.45, 7) is 0. The fourth-order valence-corrected chi connectivity index (χ4v) is 1.03. The van der Waals surface area contributed by atoms with Gasteiger partial charge in [-0.15, -0.1) is 0 Å². The van der Waals surface area contributed by atoms with E-state index in [4.69, 9.17) is 0 Å². The molecule has 0 heterocycles. The fraction of sp³-hybridized carbons (Fsp3) is 0.273. The molecule has 0 fully saturated rings. The Morgan fingerprint density at radius 1 is 1.06 bits per heavy atom. The second-order valence-corrected chi connectivity index (χ2v) is 3.42. The number of benzene rings is 1. The SMILES string of the molecule is FC(F)(F)C(F)(F)Oc1ccc(C#CCS)cc1. The second-order valence-electron chi connectivity index (χ2n) is 3.10. The highest BCUT2D eigenvalue weighted by molar-refractivity contribution is 7.80. The fourth-order valence-electron chi connectivity index (χ4n) is 0.954. The van der Waals surface area contributed by atoms with Crippen LogP contribution in [0.3, 0.4) is 0 Å². The van der Waals surface area contributed by atoms with Crippen molar-refractivity contribution in [3.63, 3.8) is 0 Å². The van der Waals surface area contributed by atoms with Gasteiger partial charge in [-0.05, 0) is 24.3 Å². The predicted molar refractivity (Wildman–Crippen MR) is 58.8 cm³/mol. The van der Waals surface area contributed by atoms with Gasteiger partial charge >= 0.3 is 12.3 Å².